The summed E-state index contributed by atoms with van der Waals surface area (Å²) in [5.74, 6) is 1.08. The lowest BCUT2D eigenvalue weighted by molar-refractivity contribution is -0.129. The maximum Gasteiger partial charge on any atom is 0.233 e. The number of aromatic nitrogens is 2. The molecule has 0 aliphatic carbocycles. The molecular formula is C19H20N4O2S2. The minimum atomic E-state index is 0.0241. The molecule has 140 valence electrons. The van der Waals surface area contributed by atoms with Crippen molar-refractivity contribution in [2.75, 3.05) is 17.6 Å². The fourth-order valence-corrected chi connectivity index (χ4v) is 4.00. The number of anilines is 1. The molecule has 0 unspecified atom stereocenters. The van der Waals surface area contributed by atoms with Crippen LogP contribution in [0.5, 0.6) is 0 Å². The topological polar surface area (TPSA) is 71.3 Å². The monoisotopic (exact) mass is 400 g/mol. The van der Waals surface area contributed by atoms with E-state index >= 15 is 0 Å². The van der Waals surface area contributed by atoms with Gasteiger partial charge in [-0.15, -0.1) is 16.8 Å². The zero-order valence-corrected chi connectivity index (χ0v) is 16.3. The Hall–Kier alpha value is -2.58. The molecule has 0 atom stereocenters. The van der Waals surface area contributed by atoms with Crippen LogP contribution in [-0.2, 0) is 17.9 Å². The molecule has 3 aromatic rings. The molecule has 0 saturated heterocycles. The van der Waals surface area contributed by atoms with Crippen LogP contribution in [0.15, 0.2) is 70.1 Å². The molecular weight excluding hydrogens is 380 g/mol. The first-order chi connectivity index (χ1) is 13.2. The summed E-state index contributed by atoms with van der Waals surface area (Å²) >= 11 is 2.82. The summed E-state index contributed by atoms with van der Waals surface area (Å²) < 4.78 is 6.18. The maximum absolute atomic E-state index is 12.8. The summed E-state index contributed by atoms with van der Waals surface area (Å²) in [5, 5.41) is 12.0. The molecule has 8 heteroatoms. The first-order valence-electron chi connectivity index (χ1n) is 8.40. The predicted molar refractivity (Wildman–Crippen MR) is 109 cm³/mol. The molecule has 3 rings (SSSR count). The first kappa shape index (κ1) is 19.2. The van der Waals surface area contributed by atoms with Crippen LogP contribution in [0.1, 0.15) is 11.3 Å². The van der Waals surface area contributed by atoms with Gasteiger partial charge in [0, 0.05) is 13.1 Å². The maximum atomic E-state index is 12.8. The second-order valence-electron chi connectivity index (χ2n) is 5.65. The number of furan rings is 1. The number of carbonyl (C=O) groups is 1. The number of amides is 1. The third-order valence-corrected chi connectivity index (χ3v) is 5.62. The molecule has 2 aromatic heterocycles. The molecule has 1 aromatic carbocycles. The summed E-state index contributed by atoms with van der Waals surface area (Å²) in [7, 11) is 0. The lowest BCUT2D eigenvalue weighted by Gasteiger charge is -2.21. The second kappa shape index (κ2) is 9.94. The van der Waals surface area contributed by atoms with Gasteiger partial charge in [0.2, 0.25) is 11.0 Å². The van der Waals surface area contributed by atoms with E-state index < -0.39 is 0 Å². The van der Waals surface area contributed by atoms with Crippen LogP contribution in [0, 0.1) is 0 Å². The Labute approximate surface area is 166 Å². The van der Waals surface area contributed by atoms with Gasteiger partial charge in [-0.1, -0.05) is 59.5 Å². The number of nitrogens with one attached hydrogen (secondary N) is 1. The van der Waals surface area contributed by atoms with Crippen LogP contribution in [0.4, 0.5) is 5.13 Å². The van der Waals surface area contributed by atoms with Gasteiger partial charge in [0.15, 0.2) is 4.34 Å². The number of nitrogens with zero attached hydrogens (tertiary/aromatic N) is 3. The number of benzene rings is 1. The third kappa shape index (κ3) is 5.97. The van der Waals surface area contributed by atoms with Gasteiger partial charge >= 0.3 is 0 Å². The lowest BCUT2D eigenvalue weighted by Crippen LogP contribution is -2.31. The third-order valence-electron chi connectivity index (χ3n) is 3.62. The minimum absolute atomic E-state index is 0.0241. The van der Waals surface area contributed by atoms with Crippen LogP contribution in [0.2, 0.25) is 0 Å². The molecule has 1 amide bonds. The van der Waals surface area contributed by atoms with Crippen molar-refractivity contribution in [3.8, 4) is 0 Å². The van der Waals surface area contributed by atoms with Gasteiger partial charge in [-0.05, 0) is 17.7 Å². The number of thioether (sulfide) groups is 1. The van der Waals surface area contributed by atoms with Crippen molar-refractivity contribution < 1.29 is 9.21 Å². The van der Waals surface area contributed by atoms with E-state index in [9.17, 15) is 4.79 Å². The highest BCUT2D eigenvalue weighted by Gasteiger charge is 2.17. The van der Waals surface area contributed by atoms with Crippen molar-refractivity contribution >= 4 is 34.1 Å². The molecule has 6 nitrogen and oxygen atoms in total. The Morgan fingerprint density at radius 3 is 2.81 bits per heavy atom. The Morgan fingerprint density at radius 1 is 1.22 bits per heavy atom. The number of hydrogen-bond acceptors (Lipinski definition) is 7. The SMILES string of the molecule is C=CCNc1nnc(SCC(=O)N(Cc2ccccc2)Cc2ccco2)s1. The molecule has 27 heavy (non-hydrogen) atoms. The zero-order valence-electron chi connectivity index (χ0n) is 14.7. The van der Waals surface area contributed by atoms with Gasteiger partial charge in [0.05, 0.1) is 18.6 Å². The van der Waals surface area contributed by atoms with E-state index in [1.807, 2.05) is 42.5 Å². The minimum Gasteiger partial charge on any atom is -0.467 e. The summed E-state index contributed by atoms with van der Waals surface area (Å²) in [4.78, 5) is 14.6. The van der Waals surface area contributed by atoms with E-state index in [4.69, 9.17) is 4.42 Å². The zero-order chi connectivity index (χ0) is 18.9. The van der Waals surface area contributed by atoms with Crippen molar-refractivity contribution in [1.82, 2.24) is 15.1 Å². The Balaban J connectivity index is 1.61. The van der Waals surface area contributed by atoms with Crippen molar-refractivity contribution in [1.29, 1.82) is 0 Å². The van der Waals surface area contributed by atoms with E-state index in [-0.39, 0.29) is 5.91 Å². The highest BCUT2D eigenvalue weighted by atomic mass is 32.2. The van der Waals surface area contributed by atoms with E-state index in [0.29, 0.717) is 25.4 Å². The Bertz CT molecular complexity index is 850. The van der Waals surface area contributed by atoms with Crippen LogP contribution in [0.25, 0.3) is 0 Å². The number of carbonyl (C=O) groups excluding carboxylic acids is 1. The van der Waals surface area contributed by atoms with Gasteiger partial charge in [-0.25, -0.2) is 0 Å². The predicted octanol–water partition coefficient (Wildman–Crippen LogP) is 4.05. The van der Waals surface area contributed by atoms with E-state index in [0.717, 1.165) is 20.8 Å². The molecule has 0 aliphatic rings. The molecule has 2 heterocycles. The fourth-order valence-electron chi connectivity index (χ4n) is 2.34. The number of rotatable bonds is 10. The summed E-state index contributed by atoms with van der Waals surface area (Å²) in [6, 6.07) is 13.6. The van der Waals surface area contributed by atoms with Crippen molar-refractivity contribution in [3.63, 3.8) is 0 Å². The van der Waals surface area contributed by atoms with Crippen molar-refractivity contribution in [2.45, 2.75) is 17.4 Å². The highest BCUT2D eigenvalue weighted by Crippen LogP contribution is 2.26. The average molecular weight is 401 g/mol. The van der Waals surface area contributed by atoms with Gasteiger partial charge in [-0.2, -0.15) is 0 Å². The van der Waals surface area contributed by atoms with E-state index in [1.54, 1.807) is 17.2 Å². The second-order valence-corrected chi connectivity index (χ2v) is 7.85. The molecule has 0 radical (unpaired) electrons. The summed E-state index contributed by atoms with van der Waals surface area (Å²) in [5.41, 5.74) is 1.08. The van der Waals surface area contributed by atoms with Gasteiger partial charge < -0.3 is 14.6 Å². The van der Waals surface area contributed by atoms with Crippen molar-refractivity contribution in [3.05, 3.63) is 72.7 Å². The quantitative estimate of drug-likeness (QED) is 0.409. The lowest BCUT2D eigenvalue weighted by atomic mass is 10.2. The largest absolute Gasteiger partial charge is 0.467 e. The van der Waals surface area contributed by atoms with E-state index in [2.05, 4.69) is 22.1 Å². The fraction of sp³-hybridized carbons (Fsp3) is 0.211. The molecule has 0 aliphatic heterocycles. The summed E-state index contributed by atoms with van der Waals surface area (Å²) in [6.45, 7) is 5.25. The smallest absolute Gasteiger partial charge is 0.233 e. The van der Waals surface area contributed by atoms with Crippen LogP contribution >= 0.6 is 23.1 Å². The van der Waals surface area contributed by atoms with Gasteiger partial charge in [0.25, 0.3) is 0 Å². The molecule has 0 saturated carbocycles. The van der Waals surface area contributed by atoms with Crippen LogP contribution < -0.4 is 5.32 Å². The Kier molecular flexibility index (Phi) is 7.06. The molecule has 1 N–H and O–H groups in total. The van der Waals surface area contributed by atoms with Gasteiger partial charge in [0.1, 0.15) is 5.76 Å². The standard InChI is InChI=1S/C19H20N4O2S2/c1-2-10-20-18-21-22-19(27-18)26-14-17(24)23(13-16-9-6-11-25-16)12-15-7-4-3-5-8-15/h2-9,11H,1,10,12-14H2,(H,20,21). The van der Waals surface area contributed by atoms with Crippen LogP contribution in [0.3, 0.4) is 0 Å². The average Bonchev–Trinajstić information content (AvgIpc) is 3.36. The van der Waals surface area contributed by atoms with Crippen LogP contribution in [-0.4, -0.2) is 33.3 Å². The normalized spacial score (nSPS) is 10.5. The summed E-state index contributed by atoms with van der Waals surface area (Å²) in [6.07, 6.45) is 3.38. The number of hydrogen-bond donors (Lipinski definition) is 1. The molecule has 0 fully saturated rings. The molecule has 0 bridgehead atoms. The van der Waals surface area contributed by atoms with E-state index in [1.165, 1.54) is 23.1 Å². The Morgan fingerprint density at radius 2 is 2.07 bits per heavy atom. The van der Waals surface area contributed by atoms with Gasteiger partial charge in [-0.3, -0.25) is 4.79 Å². The first-order valence-corrected chi connectivity index (χ1v) is 10.2. The van der Waals surface area contributed by atoms with Crippen molar-refractivity contribution in [2.24, 2.45) is 0 Å². The highest BCUT2D eigenvalue weighted by molar-refractivity contribution is 8.01. The molecule has 0 spiro atoms.